The molecule has 0 saturated carbocycles. The number of aromatic amines is 1. The lowest BCUT2D eigenvalue weighted by molar-refractivity contribution is 0.102. The van der Waals surface area contributed by atoms with Crippen molar-refractivity contribution in [2.24, 2.45) is 0 Å². The molecule has 110 valence electrons. The summed E-state index contributed by atoms with van der Waals surface area (Å²) < 4.78 is 0. The molecule has 0 aliphatic rings. The number of aryl methyl sites for hydroxylation is 1. The first kappa shape index (κ1) is 13.9. The third kappa shape index (κ3) is 2.69. The van der Waals surface area contributed by atoms with Gasteiger partial charge in [-0.05, 0) is 32.0 Å². The number of nitrogens with one attached hydrogen (secondary N) is 2. The number of nitrogens with zero attached hydrogens (tertiary/aromatic N) is 4. The topological polar surface area (TPSA) is 96.5 Å². The Morgan fingerprint density at radius 2 is 1.91 bits per heavy atom. The number of hydrogen-bond acceptors (Lipinski definition) is 5. The number of anilines is 1. The van der Waals surface area contributed by atoms with Crippen LogP contribution in [0.25, 0.3) is 11.3 Å². The molecule has 3 aromatic rings. The minimum Gasteiger partial charge on any atom is -0.303 e. The maximum atomic E-state index is 12.2. The molecule has 0 radical (unpaired) electrons. The van der Waals surface area contributed by atoms with Crippen LogP contribution in [0.5, 0.6) is 0 Å². The molecule has 0 aromatic carbocycles. The van der Waals surface area contributed by atoms with Crippen molar-refractivity contribution in [1.82, 2.24) is 25.1 Å². The molecule has 0 atom stereocenters. The molecule has 0 unspecified atom stereocenters. The van der Waals surface area contributed by atoms with Crippen molar-refractivity contribution in [1.29, 1.82) is 0 Å². The number of hydrogen-bond donors (Lipinski definition) is 2. The highest BCUT2D eigenvalue weighted by molar-refractivity contribution is 6.03. The molecule has 7 nitrogen and oxygen atoms in total. The first-order valence-electron chi connectivity index (χ1n) is 6.71. The quantitative estimate of drug-likeness (QED) is 0.771. The normalized spacial score (nSPS) is 10.5. The Morgan fingerprint density at radius 3 is 2.64 bits per heavy atom. The fraction of sp³-hybridized carbons (Fsp3) is 0.133. The van der Waals surface area contributed by atoms with Gasteiger partial charge in [-0.1, -0.05) is 0 Å². The van der Waals surface area contributed by atoms with Gasteiger partial charge in [-0.25, -0.2) is 9.97 Å². The van der Waals surface area contributed by atoms with Crippen molar-refractivity contribution in [3.63, 3.8) is 0 Å². The number of carbonyl (C=O) groups is 1. The number of H-pyrrole nitrogens is 1. The largest absolute Gasteiger partial charge is 0.303 e. The first-order chi connectivity index (χ1) is 10.6. The second-order valence-electron chi connectivity index (χ2n) is 4.75. The van der Waals surface area contributed by atoms with Crippen LogP contribution in [0.15, 0.2) is 36.8 Å². The van der Waals surface area contributed by atoms with Crippen LogP contribution in [0.2, 0.25) is 0 Å². The Hall–Kier alpha value is -3.09. The Bertz CT molecular complexity index is 812. The van der Waals surface area contributed by atoms with Gasteiger partial charge in [0.2, 0.25) is 0 Å². The maximum absolute atomic E-state index is 12.2. The predicted molar refractivity (Wildman–Crippen MR) is 81.3 cm³/mol. The lowest BCUT2D eigenvalue weighted by atomic mass is 10.1. The highest BCUT2D eigenvalue weighted by Crippen LogP contribution is 2.25. The summed E-state index contributed by atoms with van der Waals surface area (Å²) in [5.41, 5.74) is 2.96. The third-order valence-electron chi connectivity index (χ3n) is 3.22. The van der Waals surface area contributed by atoms with Crippen LogP contribution in [0.4, 0.5) is 5.82 Å². The molecule has 1 amide bonds. The minimum absolute atomic E-state index is 0.306. The van der Waals surface area contributed by atoms with Gasteiger partial charge < -0.3 is 5.32 Å². The van der Waals surface area contributed by atoms with Crippen molar-refractivity contribution < 1.29 is 4.79 Å². The Morgan fingerprint density at radius 1 is 1.14 bits per heavy atom. The molecule has 7 heteroatoms. The van der Waals surface area contributed by atoms with Crippen LogP contribution >= 0.6 is 0 Å². The fourth-order valence-corrected chi connectivity index (χ4v) is 2.07. The van der Waals surface area contributed by atoms with E-state index >= 15 is 0 Å². The smallest absolute Gasteiger partial charge is 0.275 e. The summed E-state index contributed by atoms with van der Waals surface area (Å²) in [4.78, 5) is 24.3. The van der Waals surface area contributed by atoms with Gasteiger partial charge in [0.1, 0.15) is 11.5 Å². The highest BCUT2D eigenvalue weighted by Gasteiger charge is 2.15. The van der Waals surface area contributed by atoms with Crippen molar-refractivity contribution >= 4 is 11.7 Å². The molecule has 3 heterocycles. The molecule has 22 heavy (non-hydrogen) atoms. The third-order valence-corrected chi connectivity index (χ3v) is 3.22. The molecule has 0 spiro atoms. The van der Waals surface area contributed by atoms with Gasteiger partial charge in [0.05, 0.1) is 5.69 Å². The number of aromatic nitrogens is 5. The van der Waals surface area contributed by atoms with E-state index < -0.39 is 0 Å². The van der Waals surface area contributed by atoms with Crippen molar-refractivity contribution in [2.45, 2.75) is 13.8 Å². The fourth-order valence-electron chi connectivity index (χ4n) is 2.07. The molecule has 0 fully saturated rings. The molecule has 3 aromatic heterocycles. The van der Waals surface area contributed by atoms with E-state index in [1.54, 1.807) is 31.6 Å². The zero-order valence-corrected chi connectivity index (χ0v) is 12.2. The van der Waals surface area contributed by atoms with Gasteiger partial charge in [0.15, 0.2) is 5.82 Å². The van der Waals surface area contributed by atoms with Gasteiger partial charge in [0, 0.05) is 29.7 Å². The number of rotatable bonds is 3. The van der Waals surface area contributed by atoms with E-state index in [1.807, 2.05) is 19.1 Å². The van der Waals surface area contributed by atoms with Crippen molar-refractivity contribution in [3.05, 3.63) is 53.9 Å². The zero-order valence-electron chi connectivity index (χ0n) is 12.2. The average Bonchev–Trinajstić information content (AvgIpc) is 2.89. The first-order valence-corrected chi connectivity index (χ1v) is 6.71. The molecule has 0 bridgehead atoms. The van der Waals surface area contributed by atoms with Crippen molar-refractivity contribution in [3.8, 4) is 11.3 Å². The van der Waals surface area contributed by atoms with Crippen LogP contribution in [-0.4, -0.2) is 31.1 Å². The Balaban J connectivity index is 1.85. The number of pyridine rings is 1. The van der Waals surface area contributed by atoms with Gasteiger partial charge in [-0.15, -0.1) is 0 Å². The van der Waals surface area contributed by atoms with E-state index in [9.17, 15) is 4.79 Å². The highest BCUT2D eigenvalue weighted by atomic mass is 16.2. The van der Waals surface area contributed by atoms with Crippen LogP contribution in [0, 0.1) is 13.8 Å². The molecule has 0 aliphatic heterocycles. The summed E-state index contributed by atoms with van der Waals surface area (Å²) in [6, 6.07) is 5.31. The van der Waals surface area contributed by atoms with Crippen molar-refractivity contribution in [2.75, 3.05) is 5.32 Å². The van der Waals surface area contributed by atoms with Gasteiger partial charge in [-0.2, -0.15) is 5.10 Å². The van der Waals surface area contributed by atoms with Gasteiger partial charge >= 0.3 is 0 Å². The van der Waals surface area contributed by atoms with E-state index in [1.165, 1.54) is 0 Å². The summed E-state index contributed by atoms with van der Waals surface area (Å²) in [6.07, 6.45) is 4.96. The number of carbonyl (C=O) groups excluding carboxylic acids is 1. The lowest BCUT2D eigenvalue weighted by Crippen LogP contribution is -2.15. The molecule has 3 rings (SSSR count). The standard InChI is InChI=1S/C15H14N6O/c1-9-13(11-3-6-16-7-4-11)20-21-14(9)19-15(22)12-5-8-17-10(2)18-12/h3-8H,1-2H3,(H2,19,20,21,22). The summed E-state index contributed by atoms with van der Waals surface area (Å²) in [6.45, 7) is 3.62. The van der Waals surface area contributed by atoms with Gasteiger partial charge in [0.25, 0.3) is 5.91 Å². The van der Waals surface area contributed by atoms with E-state index in [2.05, 4.69) is 30.5 Å². The van der Waals surface area contributed by atoms with Crippen LogP contribution < -0.4 is 5.32 Å². The van der Waals surface area contributed by atoms with E-state index in [0.717, 1.165) is 16.8 Å². The SMILES string of the molecule is Cc1nccc(C(=O)Nc2n[nH]c(-c3ccncc3)c2C)n1. The van der Waals surface area contributed by atoms with Crippen LogP contribution in [0.3, 0.4) is 0 Å². The van der Waals surface area contributed by atoms with Crippen LogP contribution in [-0.2, 0) is 0 Å². The summed E-state index contributed by atoms with van der Waals surface area (Å²) in [5, 5.41) is 9.85. The zero-order chi connectivity index (χ0) is 15.5. The lowest BCUT2D eigenvalue weighted by Gasteiger charge is -2.03. The Kier molecular flexibility index (Phi) is 3.61. The summed E-state index contributed by atoms with van der Waals surface area (Å²) in [7, 11) is 0. The summed E-state index contributed by atoms with van der Waals surface area (Å²) in [5.74, 6) is 0.707. The average molecular weight is 294 g/mol. The Labute approximate surface area is 126 Å². The maximum Gasteiger partial charge on any atom is 0.275 e. The second kappa shape index (κ2) is 5.72. The molecule has 2 N–H and O–H groups in total. The molecular formula is C15H14N6O. The van der Waals surface area contributed by atoms with E-state index in [-0.39, 0.29) is 5.91 Å². The van der Waals surface area contributed by atoms with Gasteiger partial charge in [-0.3, -0.25) is 14.9 Å². The monoisotopic (exact) mass is 294 g/mol. The van der Waals surface area contributed by atoms with E-state index in [0.29, 0.717) is 17.3 Å². The molecule has 0 saturated heterocycles. The summed E-state index contributed by atoms with van der Waals surface area (Å²) >= 11 is 0. The second-order valence-corrected chi connectivity index (χ2v) is 4.75. The van der Waals surface area contributed by atoms with Crippen LogP contribution in [0.1, 0.15) is 21.9 Å². The molecule has 0 aliphatic carbocycles. The predicted octanol–water partition coefficient (Wildman–Crippen LogP) is 2.13. The number of amides is 1. The molecular weight excluding hydrogens is 280 g/mol. The van der Waals surface area contributed by atoms with E-state index in [4.69, 9.17) is 0 Å². The minimum atomic E-state index is -0.318.